The van der Waals surface area contributed by atoms with Gasteiger partial charge in [0.05, 0.1) is 5.69 Å². The first-order valence-electron chi connectivity index (χ1n) is 11.3. The molecular formula is C27H26ClFN6. The van der Waals surface area contributed by atoms with E-state index >= 15 is 0 Å². The molecule has 0 spiro atoms. The summed E-state index contributed by atoms with van der Waals surface area (Å²) in [6.07, 6.45) is 10.3. The summed E-state index contributed by atoms with van der Waals surface area (Å²) in [6, 6.07) is 11.7. The third-order valence-corrected chi connectivity index (χ3v) is 6.07. The Hall–Kier alpha value is -3.68. The van der Waals surface area contributed by atoms with Crippen LogP contribution in [0.4, 0.5) is 4.39 Å². The van der Waals surface area contributed by atoms with Crippen molar-refractivity contribution < 1.29 is 4.39 Å². The Morgan fingerprint density at radius 2 is 1.91 bits per heavy atom. The number of aromatic nitrogens is 3. The van der Waals surface area contributed by atoms with Crippen LogP contribution < -0.4 is 5.73 Å². The highest BCUT2D eigenvalue weighted by atomic mass is 35.5. The number of likely N-dealkylation sites (tertiary alicyclic amines) is 1. The zero-order valence-electron chi connectivity index (χ0n) is 19.4. The fourth-order valence-corrected chi connectivity index (χ4v) is 4.15. The van der Waals surface area contributed by atoms with Crippen molar-refractivity contribution in [2.75, 3.05) is 20.1 Å². The minimum Gasteiger partial charge on any atom is -0.404 e. The van der Waals surface area contributed by atoms with Gasteiger partial charge in [-0.1, -0.05) is 11.6 Å². The number of rotatable bonds is 4. The molecule has 5 rings (SSSR count). The normalized spacial score (nSPS) is 14.0. The number of nitrogens with one attached hydrogen (secondary N) is 1. The Morgan fingerprint density at radius 1 is 1.11 bits per heavy atom. The first kappa shape index (κ1) is 24.4. The number of pyridine rings is 3. The molecule has 1 aliphatic heterocycles. The molecule has 0 amide bonds. The van der Waals surface area contributed by atoms with Gasteiger partial charge in [-0.3, -0.25) is 4.98 Å². The zero-order valence-corrected chi connectivity index (χ0v) is 20.1. The summed E-state index contributed by atoms with van der Waals surface area (Å²) in [5, 5.41) is 8.73. The minimum absolute atomic E-state index is 0.289. The molecule has 0 atom stereocenters. The van der Waals surface area contributed by atoms with Gasteiger partial charge in [-0.25, -0.2) is 14.4 Å². The second-order valence-corrected chi connectivity index (χ2v) is 8.73. The van der Waals surface area contributed by atoms with E-state index in [1.165, 1.54) is 56.5 Å². The molecular weight excluding hydrogens is 463 g/mol. The second-order valence-electron chi connectivity index (χ2n) is 8.29. The van der Waals surface area contributed by atoms with E-state index in [1.54, 1.807) is 24.7 Å². The summed E-state index contributed by atoms with van der Waals surface area (Å²) in [5.74, 6) is -0.424. The average Bonchev–Trinajstić information content (AvgIpc) is 3.37. The number of benzene rings is 1. The predicted molar refractivity (Wildman–Crippen MR) is 141 cm³/mol. The topological polar surface area (TPSA) is 91.8 Å². The number of hydrogen-bond donors (Lipinski definition) is 2. The predicted octanol–water partition coefficient (Wildman–Crippen LogP) is 5.81. The SMILES string of the molecule is CN1CCCC1.N=C/C(=C\N)c1cncc(-c2cc(-c3cc(Cl)ccc3F)nc3ncccc23)c1. The lowest BCUT2D eigenvalue weighted by Gasteiger charge is -2.11. The van der Waals surface area contributed by atoms with Crippen molar-refractivity contribution in [3.05, 3.63) is 83.7 Å². The van der Waals surface area contributed by atoms with Gasteiger partial charge in [-0.05, 0) is 81.0 Å². The van der Waals surface area contributed by atoms with Crippen LogP contribution in [0.3, 0.4) is 0 Å². The maximum absolute atomic E-state index is 14.5. The molecule has 35 heavy (non-hydrogen) atoms. The van der Waals surface area contributed by atoms with Gasteiger partial charge in [-0.2, -0.15) is 0 Å². The summed E-state index contributed by atoms with van der Waals surface area (Å²) < 4.78 is 14.5. The largest absolute Gasteiger partial charge is 0.404 e. The van der Waals surface area contributed by atoms with Crippen molar-refractivity contribution in [2.45, 2.75) is 12.8 Å². The number of fused-ring (bicyclic) bond motifs is 1. The molecule has 0 bridgehead atoms. The van der Waals surface area contributed by atoms with E-state index in [4.69, 9.17) is 22.7 Å². The maximum atomic E-state index is 14.5. The smallest absolute Gasteiger partial charge is 0.160 e. The lowest BCUT2D eigenvalue weighted by atomic mass is 9.98. The Kier molecular flexibility index (Phi) is 7.80. The van der Waals surface area contributed by atoms with Gasteiger partial charge >= 0.3 is 0 Å². The molecule has 1 aromatic carbocycles. The van der Waals surface area contributed by atoms with Crippen molar-refractivity contribution in [1.29, 1.82) is 5.41 Å². The fourth-order valence-electron chi connectivity index (χ4n) is 3.98. The van der Waals surface area contributed by atoms with Crippen LogP contribution in [-0.2, 0) is 0 Å². The van der Waals surface area contributed by atoms with Gasteiger partial charge in [0.2, 0.25) is 0 Å². The van der Waals surface area contributed by atoms with Crippen LogP contribution in [0.1, 0.15) is 18.4 Å². The standard InChI is InChI=1S/C22H15ClFN5.C5H11N/c23-16-3-4-20(24)19(7-16)21-8-18(17-2-1-5-28-22(17)29-21)14-6-13(11-27-12-14)15(9-25)10-26;1-6-4-2-3-5-6/h1-12,25H,26H2;2-5H2,1H3/b15-10+,25-9?;. The third-order valence-electron chi connectivity index (χ3n) is 5.84. The van der Waals surface area contributed by atoms with Gasteiger partial charge in [0.25, 0.3) is 0 Å². The Labute approximate surface area is 208 Å². The van der Waals surface area contributed by atoms with Crippen molar-refractivity contribution in [1.82, 2.24) is 19.9 Å². The number of allylic oxidation sites excluding steroid dienone is 1. The summed E-state index contributed by atoms with van der Waals surface area (Å²) in [6.45, 7) is 2.64. The lowest BCUT2D eigenvalue weighted by Crippen LogP contribution is -2.10. The number of nitrogens with zero attached hydrogens (tertiary/aromatic N) is 4. The van der Waals surface area contributed by atoms with Gasteiger partial charge in [0.15, 0.2) is 5.65 Å². The highest BCUT2D eigenvalue weighted by Gasteiger charge is 2.14. The van der Waals surface area contributed by atoms with Crippen LogP contribution in [-0.4, -0.2) is 46.2 Å². The molecule has 0 unspecified atom stereocenters. The van der Waals surface area contributed by atoms with Gasteiger partial charge in [0, 0.05) is 63.7 Å². The molecule has 6 nitrogen and oxygen atoms in total. The maximum Gasteiger partial charge on any atom is 0.160 e. The van der Waals surface area contributed by atoms with Crippen LogP contribution in [0.25, 0.3) is 39.0 Å². The molecule has 178 valence electrons. The molecule has 1 saturated heterocycles. The highest BCUT2D eigenvalue weighted by Crippen LogP contribution is 2.33. The van der Waals surface area contributed by atoms with E-state index in [0.717, 1.165) is 16.5 Å². The summed E-state index contributed by atoms with van der Waals surface area (Å²) in [5.41, 5.74) is 9.59. The molecule has 8 heteroatoms. The molecule has 1 fully saturated rings. The van der Waals surface area contributed by atoms with Gasteiger partial charge in [-0.15, -0.1) is 0 Å². The van der Waals surface area contributed by atoms with E-state index in [-0.39, 0.29) is 5.56 Å². The van der Waals surface area contributed by atoms with E-state index < -0.39 is 5.82 Å². The van der Waals surface area contributed by atoms with Crippen LogP contribution in [0.15, 0.2) is 67.3 Å². The van der Waals surface area contributed by atoms with Crippen LogP contribution in [0, 0.1) is 11.2 Å². The van der Waals surface area contributed by atoms with Crippen molar-refractivity contribution >= 4 is 34.4 Å². The van der Waals surface area contributed by atoms with E-state index in [2.05, 4.69) is 26.9 Å². The lowest BCUT2D eigenvalue weighted by molar-refractivity contribution is 0.418. The van der Waals surface area contributed by atoms with Crippen LogP contribution in [0.2, 0.25) is 5.02 Å². The molecule has 0 radical (unpaired) electrons. The Bertz CT molecular complexity index is 1380. The molecule has 4 heterocycles. The summed E-state index contributed by atoms with van der Waals surface area (Å²) >= 11 is 6.07. The average molecular weight is 489 g/mol. The summed E-state index contributed by atoms with van der Waals surface area (Å²) in [7, 11) is 2.17. The van der Waals surface area contributed by atoms with Crippen molar-refractivity contribution in [3.8, 4) is 22.4 Å². The first-order chi connectivity index (χ1) is 17.0. The quantitative estimate of drug-likeness (QED) is 0.353. The number of halogens is 2. The Balaban J connectivity index is 0.000000421. The molecule has 0 saturated carbocycles. The monoisotopic (exact) mass is 488 g/mol. The molecule has 4 aromatic rings. The number of nitrogens with two attached hydrogens (primary N) is 1. The third kappa shape index (κ3) is 5.70. The number of hydrogen-bond acceptors (Lipinski definition) is 6. The highest BCUT2D eigenvalue weighted by molar-refractivity contribution is 6.30. The molecule has 3 N–H and O–H groups in total. The fraction of sp³-hybridized carbons (Fsp3) is 0.185. The minimum atomic E-state index is -0.424. The Morgan fingerprint density at radius 3 is 2.60 bits per heavy atom. The van der Waals surface area contributed by atoms with E-state index in [1.807, 2.05) is 18.2 Å². The second kappa shape index (κ2) is 11.2. The molecule has 1 aliphatic rings. The van der Waals surface area contributed by atoms with Gasteiger partial charge in [0.1, 0.15) is 5.82 Å². The van der Waals surface area contributed by atoms with E-state index in [0.29, 0.717) is 27.5 Å². The molecule has 3 aromatic heterocycles. The molecule has 0 aliphatic carbocycles. The van der Waals surface area contributed by atoms with Gasteiger partial charge < -0.3 is 16.0 Å². The van der Waals surface area contributed by atoms with Crippen molar-refractivity contribution in [3.63, 3.8) is 0 Å². The van der Waals surface area contributed by atoms with E-state index in [9.17, 15) is 4.39 Å². The van der Waals surface area contributed by atoms with Crippen molar-refractivity contribution in [2.24, 2.45) is 5.73 Å². The zero-order chi connectivity index (χ0) is 24.8. The van der Waals surface area contributed by atoms with Crippen LogP contribution in [0.5, 0.6) is 0 Å². The summed E-state index contributed by atoms with van der Waals surface area (Å²) in [4.78, 5) is 15.5. The first-order valence-corrected chi connectivity index (χ1v) is 11.7. The van der Waals surface area contributed by atoms with Crippen LogP contribution >= 0.6 is 11.6 Å².